The molecule has 28 heavy (non-hydrogen) atoms. The van der Waals surface area contributed by atoms with E-state index in [0.717, 1.165) is 14.9 Å². The molecule has 0 atom stereocenters. The second-order valence-electron chi connectivity index (χ2n) is 6.18. The van der Waals surface area contributed by atoms with Gasteiger partial charge >= 0.3 is 6.03 Å². The second-order valence-corrected chi connectivity index (χ2v) is 7.10. The quantitative estimate of drug-likeness (QED) is 0.461. The molecule has 1 aliphatic heterocycles. The summed E-state index contributed by atoms with van der Waals surface area (Å²) in [6.07, 6.45) is 1.46. The summed E-state index contributed by atoms with van der Waals surface area (Å²) >= 11 is 3.41. The average Bonchev–Trinajstić information content (AvgIpc) is 3.24. The van der Waals surface area contributed by atoms with Gasteiger partial charge in [0.2, 0.25) is 0 Å². The molecule has 5 nitrogen and oxygen atoms in total. The SMILES string of the molecule is O=C1N/C(=C/c2ccc(-c3cccc(Br)c3)o2)C(=O)N1Cc1ccccc1F. The van der Waals surface area contributed by atoms with Gasteiger partial charge in [0.25, 0.3) is 5.91 Å². The Hall–Kier alpha value is -3.19. The highest BCUT2D eigenvalue weighted by Crippen LogP contribution is 2.26. The smallest absolute Gasteiger partial charge is 0.329 e. The minimum Gasteiger partial charge on any atom is -0.457 e. The Morgan fingerprint density at radius 3 is 2.68 bits per heavy atom. The van der Waals surface area contributed by atoms with Crippen molar-refractivity contribution in [2.24, 2.45) is 0 Å². The number of carbonyl (C=O) groups is 2. The van der Waals surface area contributed by atoms with Gasteiger partial charge in [-0.3, -0.25) is 9.69 Å². The van der Waals surface area contributed by atoms with Crippen LogP contribution in [0.25, 0.3) is 17.4 Å². The van der Waals surface area contributed by atoms with E-state index in [-0.39, 0.29) is 17.8 Å². The molecule has 0 saturated carbocycles. The van der Waals surface area contributed by atoms with Gasteiger partial charge in [0.1, 0.15) is 23.0 Å². The summed E-state index contributed by atoms with van der Waals surface area (Å²) in [5.74, 6) is 0.0541. The molecule has 140 valence electrons. The van der Waals surface area contributed by atoms with Gasteiger partial charge in [0.15, 0.2) is 0 Å². The molecule has 1 fully saturated rings. The fraction of sp³-hybridized carbons (Fsp3) is 0.0476. The number of rotatable bonds is 4. The van der Waals surface area contributed by atoms with E-state index in [1.54, 1.807) is 24.3 Å². The van der Waals surface area contributed by atoms with Gasteiger partial charge in [-0.15, -0.1) is 0 Å². The predicted octanol–water partition coefficient (Wildman–Crippen LogP) is 4.94. The second kappa shape index (κ2) is 7.44. The van der Waals surface area contributed by atoms with Crippen molar-refractivity contribution in [3.63, 3.8) is 0 Å². The Morgan fingerprint density at radius 2 is 1.89 bits per heavy atom. The first-order chi connectivity index (χ1) is 13.5. The number of benzene rings is 2. The normalized spacial score (nSPS) is 15.4. The first-order valence-corrected chi connectivity index (χ1v) is 9.24. The summed E-state index contributed by atoms with van der Waals surface area (Å²) in [5, 5.41) is 2.51. The molecule has 1 aliphatic rings. The molecule has 2 heterocycles. The molecular formula is C21H14BrFN2O3. The number of furan rings is 1. The fourth-order valence-electron chi connectivity index (χ4n) is 2.88. The molecule has 0 spiro atoms. The van der Waals surface area contributed by atoms with Crippen molar-refractivity contribution in [1.82, 2.24) is 10.2 Å². The van der Waals surface area contributed by atoms with Crippen LogP contribution in [0.5, 0.6) is 0 Å². The third-order valence-electron chi connectivity index (χ3n) is 4.27. The average molecular weight is 441 g/mol. The first kappa shape index (κ1) is 18.2. The molecule has 7 heteroatoms. The Bertz CT molecular complexity index is 1110. The molecule has 0 radical (unpaired) electrons. The summed E-state index contributed by atoms with van der Waals surface area (Å²) < 4.78 is 20.5. The molecule has 3 amide bonds. The maximum Gasteiger partial charge on any atom is 0.329 e. The Morgan fingerprint density at radius 1 is 1.07 bits per heavy atom. The van der Waals surface area contributed by atoms with E-state index in [1.165, 1.54) is 18.2 Å². The lowest BCUT2D eigenvalue weighted by atomic mass is 10.2. The van der Waals surface area contributed by atoms with E-state index in [4.69, 9.17) is 4.42 Å². The maximum absolute atomic E-state index is 13.8. The summed E-state index contributed by atoms with van der Waals surface area (Å²) in [6.45, 7) is -0.143. The van der Waals surface area contributed by atoms with Crippen LogP contribution in [0.1, 0.15) is 11.3 Å². The van der Waals surface area contributed by atoms with Gasteiger partial charge in [0.05, 0.1) is 6.54 Å². The standard InChI is InChI=1S/C21H14BrFN2O3/c22-15-6-3-5-13(10-15)19-9-8-16(28-19)11-18-20(26)25(21(27)24-18)12-14-4-1-2-7-17(14)23/h1-11H,12H2,(H,24,27)/b18-11+. The highest BCUT2D eigenvalue weighted by atomic mass is 79.9. The zero-order chi connectivity index (χ0) is 19.7. The van der Waals surface area contributed by atoms with E-state index in [2.05, 4.69) is 21.2 Å². The zero-order valence-electron chi connectivity index (χ0n) is 14.5. The number of urea groups is 1. The first-order valence-electron chi connectivity index (χ1n) is 8.45. The van der Waals surface area contributed by atoms with E-state index in [1.807, 2.05) is 24.3 Å². The van der Waals surface area contributed by atoms with Gasteiger partial charge in [-0.2, -0.15) is 0 Å². The van der Waals surface area contributed by atoms with Crippen molar-refractivity contribution >= 4 is 33.9 Å². The number of nitrogens with zero attached hydrogens (tertiary/aromatic N) is 1. The maximum atomic E-state index is 13.8. The number of halogens is 2. The molecule has 0 unspecified atom stereocenters. The number of hydrogen-bond donors (Lipinski definition) is 1. The molecule has 1 N–H and O–H groups in total. The van der Waals surface area contributed by atoms with Crippen LogP contribution in [0.4, 0.5) is 9.18 Å². The largest absolute Gasteiger partial charge is 0.457 e. The lowest BCUT2D eigenvalue weighted by Crippen LogP contribution is -2.30. The topological polar surface area (TPSA) is 62.6 Å². The van der Waals surface area contributed by atoms with Crippen molar-refractivity contribution in [3.8, 4) is 11.3 Å². The third kappa shape index (κ3) is 3.61. The summed E-state index contributed by atoms with van der Waals surface area (Å²) in [4.78, 5) is 25.7. The Labute approximate surface area is 168 Å². The number of hydrogen-bond acceptors (Lipinski definition) is 3. The monoisotopic (exact) mass is 440 g/mol. The van der Waals surface area contributed by atoms with Crippen LogP contribution >= 0.6 is 15.9 Å². The summed E-state index contributed by atoms with van der Waals surface area (Å²) in [7, 11) is 0. The van der Waals surface area contributed by atoms with E-state index < -0.39 is 17.8 Å². The van der Waals surface area contributed by atoms with Crippen molar-refractivity contribution in [1.29, 1.82) is 0 Å². The van der Waals surface area contributed by atoms with Crippen LogP contribution in [-0.2, 0) is 11.3 Å². The van der Waals surface area contributed by atoms with Gasteiger partial charge in [-0.1, -0.05) is 46.3 Å². The van der Waals surface area contributed by atoms with Crippen LogP contribution in [-0.4, -0.2) is 16.8 Å². The van der Waals surface area contributed by atoms with E-state index in [0.29, 0.717) is 11.5 Å². The van der Waals surface area contributed by atoms with Crippen LogP contribution in [0.15, 0.2) is 75.3 Å². The Balaban J connectivity index is 1.55. The van der Waals surface area contributed by atoms with Crippen LogP contribution in [0.3, 0.4) is 0 Å². The predicted molar refractivity (Wildman–Crippen MR) is 105 cm³/mol. The van der Waals surface area contributed by atoms with Crippen LogP contribution in [0, 0.1) is 5.82 Å². The van der Waals surface area contributed by atoms with Crippen molar-refractivity contribution < 1.29 is 18.4 Å². The minimum atomic E-state index is -0.599. The number of nitrogens with one attached hydrogen (secondary N) is 1. The summed E-state index contributed by atoms with van der Waals surface area (Å²) in [6, 6.07) is 16.5. The van der Waals surface area contributed by atoms with Crippen molar-refractivity contribution in [3.05, 3.63) is 88.0 Å². The highest BCUT2D eigenvalue weighted by molar-refractivity contribution is 9.10. The number of imide groups is 1. The van der Waals surface area contributed by atoms with Crippen LogP contribution in [0.2, 0.25) is 0 Å². The van der Waals surface area contributed by atoms with Crippen molar-refractivity contribution in [2.45, 2.75) is 6.54 Å². The van der Waals surface area contributed by atoms with Gasteiger partial charge in [-0.05, 0) is 30.3 Å². The third-order valence-corrected chi connectivity index (χ3v) is 4.76. The van der Waals surface area contributed by atoms with Crippen molar-refractivity contribution in [2.75, 3.05) is 0 Å². The molecular weight excluding hydrogens is 427 g/mol. The molecule has 2 aromatic carbocycles. The molecule has 3 aromatic rings. The Kier molecular flexibility index (Phi) is 4.83. The molecule has 0 aliphatic carbocycles. The molecule has 0 bridgehead atoms. The van der Waals surface area contributed by atoms with Gasteiger partial charge in [-0.25, -0.2) is 9.18 Å². The van der Waals surface area contributed by atoms with Gasteiger partial charge < -0.3 is 9.73 Å². The van der Waals surface area contributed by atoms with Crippen LogP contribution < -0.4 is 5.32 Å². The fourth-order valence-corrected chi connectivity index (χ4v) is 3.28. The van der Waals surface area contributed by atoms with E-state index >= 15 is 0 Å². The lowest BCUT2D eigenvalue weighted by Gasteiger charge is -2.12. The number of carbonyl (C=O) groups excluding carboxylic acids is 2. The molecule has 4 rings (SSSR count). The van der Waals surface area contributed by atoms with E-state index in [9.17, 15) is 14.0 Å². The number of amides is 3. The minimum absolute atomic E-state index is 0.0801. The lowest BCUT2D eigenvalue weighted by molar-refractivity contribution is -0.123. The highest BCUT2D eigenvalue weighted by Gasteiger charge is 2.34. The van der Waals surface area contributed by atoms with Gasteiger partial charge in [0, 0.05) is 21.7 Å². The molecule has 1 saturated heterocycles. The molecule has 1 aromatic heterocycles. The zero-order valence-corrected chi connectivity index (χ0v) is 16.1. The summed E-state index contributed by atoms with van der Waals surface area (Å²) in [5.41, 5.74) is 1.22.